The molecule has 0 radical (unpaired) electrons. The number of nitrogens with zero attached hydrogens (tertiary/aromatic N) is 1. The zero-order valence-corrected chi connectivity index (χ0v) is 14.6. The minimum Gasteiger partial charge on any atom is -0.479 e. The lowest BCUT2D eigenvalue weighted by Gasteiger charge is -2.09. The summed E-state index contributed by atoms with van der Waals surface area (Å²) in [5, 5.41) is 17.9. The van der Waals surface area contributed by atoms with Crippen molar-refractivity contribution < 1.29 is 29.3 Å². The van der Waals surface area contributed by atoms with Gasteiger partial charge in [0.25, 0.3) is 0 Å². The Balaban J connectivity index is 0.000000464. The van der Waals surface area contributed by atoms with Gasteiger partial charge in [0.1, 0.15) is 5.75 Å². The van der Waals surface area contributed by atoms with Gasteiger partial charge in [-0.25, -0.2) is 14.6 Å². The van der Waals surface area contributed by atoms with Crippen LogP contribution in [0, 0.1) is 0 Å². The molecule has 0 bridgehead atoms. The van der Waals surface area contributed by atoms with E-state index < -0.39 is 24.6 Å². The molecule has 0 aliphatic carbocycles. The number of benzene rings is 1. The molecular weight excluding hydrogens is 385 g/mol. The summed E-state index contributed by atoms with van der Waals surface area (Å²) >= 11 is 11.2. The van der Waals surface area contributed by atoms with Gasteiger partial charge in [-0.1, -0.05) is 30.6 Å². The van der Waals surface area contributed by atoms with Gasteiger partial charge >= 0.3 is 11.9 Å². The first-order valence-electron chi connectivity index (χ1n) is 6.89. The lowest BCUT2D eigenvalue weighted by atomic mass is 10.3. The summed E-state index contributed by atoms with van der Waals surface area (Å²) in [6.07, 6.45) is 0.542. The number of hydrogen-bond donors (Lipinski definition) is 2. The second kappa shape index (κ2) is 11.9. The molecule has 1 heterocycles. The molecule has 0 aliphatic rings. The number of halogens is 2. The summed E-state index contributed by atoms with van der Waals surface area (Å²) in [6, 6.07) is 9.62. The molecule has 9 heteroatoms. The van der Waals surface area contributed by atoms with Crippen molar-refractivity contribution >= 4 is 35.1 Å². The number of ether oxygens (including phenoxy) is 2. The van der Waals surface area contributed by atoms with Gasteiger partial charge in [-0.15, -0.1) is 0 Å². The normalized spacial score (nSPS) is 10.4. The van der Waals surface area contributed by atoms with Crippen LogP contribution in [0.4, 0.5) is 0 Å². The molecule has 0 spiro atoms. The predicted molar refractivity (Wildman–Crippen MR) is 98.3 cm³/mol. The number of carbonyl (C=O) groups is 2. The molecule has 142 valence electrons. The lowest BCUT2D eigenvalue weighted by Crippen LogP contribution is -2.22. The third-order valence-electron chi connectivity index (χ3n) is 2.52. The minimum atomic E-state index is -1.04. The number of pyridine rings is 1. The minimum absolute atomic E-state index is 0. The summed E-state index contributed by atoms with van der Waals surface area (Å²) in [5.74, 6) is -1.28. The van der Waals surface area contributed by atoms with Crippen LogP contribution in [0.5, 0.6) is 11.6 Å². The van der Waals surface area contributed by atoms with Gasteiger partial charge in [0.2, 0.25) is 5.88 Å². The van der Waals surface area contributed by atoms with E-state index in [4.69, 9.17) is 42.9 Å². The second-order valence-electron chi connectivity index (χ2n) is 4.55. The largest absolute Gasteiger partial charge is 0.479 e. The summed E-state index contributed by atoms with van der Waals surface area (Å²) in [4.78, 5) is 24.2. The van der Waals surface area contributed by atoms with Crippen molar-refractivity contribution in [3.8, 4) is 11.6 Å². The molecular formula is C17H19Cl2NO6. The van der Waals surface area contributed by atoms with Crippen LogP contribution in [0.2, 0.25) is 10.0 Å². The molecule has 1 aromatic carbocycles. The van der Waals surface area contributed by atoms with Crippen LogP contribution in [0.1, 0.15) is 14.4 Å². The maximum atomic E-state index is 10.4. The third kappa shape index (κ3) is 9.71. The van der Waals surface area contributed by atoms with E-state index in [2.05, 4.69) is 4.98 Å². The zero-order valence-electron chi connectivity index (χ0n) is 13.1. The second-order valence-corrected chi connectivity index (χ2v) is 5.42. The summed E-state index contributed by atoms with van der Waals surface area (Å²) in [7, 11) is 0. The van der Waals surface area contributed by atoms with Gasteiger partial charge in [-0.2, -0.15) is 0 Å². The molecule has 7 nitrogen and oxygen atoms in total. The van der Waals surface area contributed by atoms with Crippen LogP contribution >= 0.6 is 23.2 Å². The molecule has 1 aromatic heterocycles. The van der Waals surface area contributed by atoms with Crippen molar-refractivity contribution in [1.29, 1.82) is 0 Å². The fourth-order valence-electron chi connectivity index (χ4n) is 1.35. The summed E-state index contributed by atoms with van der Waals surface area (Å²) in [5.41, 5.74) is 0. The number of aromatic nitrogens is 1. The number of carboxylic acids is 2. The summed E-state index contributed by atoms with van der Waals surface area (Å²) < 4.78 is 9.83. The van der Waals surface area contributed by atoms with Crippen LogP contribution in [0.3, 0.4) is 0 Å². The molecule has 0 aliphatic heterocycles. The molecule has 2 rings (SSSR count). The van der Waals surface area contributed by atoms with E-state index in [0.717, 1.165) is 0 Å². The zero-order chi connectivity index (χ0) is 18.8. The van der Waals surface area contributed by atoms with E-state index in [1.165, 1.54) is 19.2 Å². The van der Waals surface area contributed by atoms with Gasteiger partial charge in [0, 0.05) is 17.3 Å². The average Bonchev–Trinajstić information content (AvgIpc) is 2.57. The average molecular weight is 404 g/mol. The lowest BCUT2D eigenvalue weighted by molar-refractivity contribution is -0.144. The molecule has 0 fully saturated rings. The number of aliphatic carboxylic acids is 2. The molecule has 0 saturated carbocycles. The van der Waals surface area contributed by atoms with Crippen molar-refractivity contribution in [2.45, 2.75) is 20.5 Å². The molecule has 2 aromatic rings. The maximum Gasteiger partial charge on any atom is 0.344 e. The highest BCUT2D eigenvalue weighted by Gasteiger charge is 2.11. The summed E-state index contributed by atoms with van der Waals surface area (Å²) in [6.45, 7) is 1.07. The standard InChI is InChI=1S/C9H9ClO3.C7H6ClNO3.CH4/c1-6(9(11)12)13-8-4-2-7(10)3-5-8;8-5-1-2-6(9-3-5)12-4-7(10)11;/h2-6H,1H3,(H,11,12);1-3H,4H2,(H,10,11);1H4. The first kappa shape index (κ1) is 23.5. The van der Waals surface area contributed by atoms with Gasteiger partial charge in [0.05, 0.1) is 5.02 Å². The molecule has 26 heavy (non-hydrogen) atoms. The Hall–Kier alpha value is -2.51. The first-order chi connectivity index (χ1) is 11.8. The highest BCUT2D eigenvalue weighted by Crippen LogP contribution is 2.16. The Bertz CT molecular complexity index is 691. The fraction of sp³-hybridized carbons (Fsp3) is 0.235. The Labute approximate surface area is 161 Å². The number of carboxylic acid groups (broad SMARTS) is 2. The molecule has 1 atom stereocenters. The topological polar surface area (TPSA) is 106 Å². The van der Waals surface area contributed by atoms with Crippen molar-refractivity contribution in [3.05, 3.63) is 52.6 Å². The Kier molecular flexibility index (Phi) is 10.8. The van der Waals surface area contributed by atoms with E-state index in [9.17, 15) is 9.59 Å². The third-order valence-corrected chi connectivity index (χ3v) is 2.99. The fourth-order valence-corrected chi connectivity index (χ4v) is 1.59. The Morgan fingerprint density at radius 3 is 2.12 bits per heavy atom. The van der Waals surface area contributed by atoms with E-state index in [1.807, 2.05) is 0 Å². The predicted octanol–water partition coefficient (Wildman–Crippen LogP) is 4.03. The van der Waals surface area contributed by atoms with Crippen LogP contribution in [0.15, 0.2) is 42.6 Å². The van der Waals surface area contributed by atoms with Crippen molar-refractivity contribution in [2.75, 3.05) is 6.61 Å². The van der Waals surface area contributed by atoms with Crippen LogP contribution in [0.25, 0.3) is 0 Å². The van der Waals surface area contributed by atoms with Gasteiger partial charge in [-0.05, 0) is 37.3 Å². The van der Waals surface area contributed by atoms with Crippen LogP contribution in [-0.2, 0) is 9.59 Å². The quantitative estimate of drug-likeness (QED) is 0.749. The van der Waals surface area contributed by atoms with Crippen LogP contribution < -0.4 is 9.47 Å². The number of hydrogen-bond acceptors (Lipinski definition) is 5. The molecule has 1 unspecified atom stereocenters. The SMILES string of the molecule is C.CC(Oc1ccc(Cl)cc1)C(=O)O.O=C(O)COc1ccc(Cl)cn1. The van der Waals surface area contributed by atoms with E-state index in [-0.39, 0.29) is 13.3 Å². The van der Waals surface area contributed by atoms with Crippen LogP contribution in [-0.4, -0.2) is 39.8 Å². The van der Waals surface area contributed by atoms with Crippen molar-refractivity contribution in [1.82, 2.24) is 4.98 Å². The maximum absolute atomic E-state index is 10.4. The van der Waals surface area contributed by atoms with Crippen molar-refractivity contribution in [3.63, 3.8) is 0 Å². The highest BCUT2D eigenvalue weighted by atomic mass is 35.5. The Morgan fingerprint density at radius 1 is 1.08 bits per heavy atom. The van der Waals surface area contributed by atoms with Crippen molar-refractivity contribution in [2.24, 2.45) is 0 Å². The molecule has 0 amide bonds. The molecule has 2 N–H and O–H groups in total. The van der Waals surface area contributed by atoms with E-state index in [1.54, 1.807) is 30.3 Å². The van der Waals surface area contributed by atoms with E-state index in [0.29, 0.717) is 15.8 Å². The Morgan fingerprint density at radius 2 is 1.65 bits per heavy atom. The monoisotopic (exact) mass is 403 g/mol. The van der Waals surface area contributed by atoms with Gasteiger partial charge in [-0.3, -0.25) is 0 Å². The highest BCUT2D eigenvalue weighted by molar-refractivity contribution is 6.30. The number of rotatable bonds is 6. The van der Waals surface area contributed by atoms with Gasteiger partial charge in [0.15, 0.2) is 12.7 Å². The van der Waals surface area contributed by atoms with E-state index >= 15 is 0 Å². The van der Waals surface area contributed by atoms with Gasteiger partial charge < -0.3 is 19.7 Å². The first-order valence-corrected chi connectivity index (χ1v) is 7.64. The molecule has 0 saturated heterocycles. The smallest absolute Gasteiger partial charge is 0.344 e.